The Kier molecular flexibility index (Phi) is 8.24. The average molecular weight is 575 g/mol. The highest BCUT2D eigenvalue weighted by Crippen LogP contribution is 2.32. The SMILES string of the molecule is C=O.Cc1cc(C(N)=O)ccc1O.Nc1ncccc1-c1nc2ccc(-n3cccn3)nc2n1-c1ccc2c(c1)CCC2. The molecule has 0 atom stereocenters. The van der Waals surface area contributed by atoms with E-state index in [0.717, 1.165) is 46.9 Å². The van der Waals surface area contributed by atoms with Crippen LogP contribution in [0, 0.1) is 6.92 Å². The zero-order valence-electron chi connectivity index (χ0n) is 23.5. The normalized spacial score (nSPS) is 11.7. The highest BCUT2D eigenvalue weighted by molar-refractivity contribution is 5.93. The molecule has 2 aromatic carbocycles. The predicted molar refractivity (Wildman–Crippen MR) is 164 cm³/mol. The van der Waals surface area contributed by atoms with Crippen LogP contribution in [0.25, 0.3) is 34.1 Å². The van der Waals surface area contributed by atoms with E-state index in [4.69, 9.17) is 31.3 Å². The summed E-state index contributed by atoms with van der Waals surface area (Å²) in [7, 11) is 0. The number of carbonyl (C=O) groups excluding carboxylic acids is 2. The van der Waals surface area contributed by atoms with Gasteiger partial charge in [-0.05, 0) is 104 Å². The zero-order valence-corrected chi connectivity index (χ0v) is 23.5. The number of phenolic OH excluding ortho intramolecular Hbond substituents is 1. The van der Waals surface area contributed by atoms with Crippen molar-refractivity contribution in [3.05, 3.63) is 108 Å². The van der Waals surface area contributed by atoms with Gasteiger partial charge in [-0.15, -0.1) is 0 Å². The molecule has 0 aliphatic heterocycles. The number of aromatic hydroxyl groups is 1. The zero-order chi connectivity index (χ0) is 30.5. The summed E-state index contributed by atoms with van der Waals surface area (Å²) in [5.41, 5.74) is 18.5. The van der Waals surface area contributed by atoms with Gasteiger partial charge < -0.3 is 21.4 Å². The third-order valence-corrected chi connectivity index (χ3v) is 7.13. The van der Waals surface area contributed by atoms with Gasteiger partial charge in [0.15, 0.2) is 17.3 Å². The van der Waals surface area contributed by atoms with Crippen molar-refractivity contribution in [3.8, 4) is 28.6 Å². The maximum Gasteiger partial charge on any atom is 0.248 e. The molecule has 11 heteroatoms. The summed E-state index contributed by atoms with van der Waals surface area (Å²) < 4.78 is 3.83. The number of nitrogen functional groups attached to an aromatic ring is 1. The van der Waals surface area contributed by atoms with Gasteiger partial charge in [-0.2, -0.15) is 5.10 Å². The Labute approximate surface area is 247 Å². The molecule has 11 nitrogen and oxygen atoms in total. The molecule has 1 amide bonds. The highest BCUT2D eigenvalue weighted by atomic mass is 16.3. The van der Waals surface area contributed by atoms with Crippen molar-refractivity contribution < 1.29 is 14.7 Å². The lowest BCUT2D eigenvalue weighted by atomic mass is 10.1. The van der Waals surface area contributed by atoms with Crippen LogP contribution in [0.15, 0.2) is 85.3 Å². The Morgan fingerprint density at radius 3 is 2.49 bits per heavy atom. The predicted octanol–water partition coefficient (Wildman–Crippen LogP) is 4.35. The molecule has 0 fully saturated rings. The van der Waals surface area contributed by atoms with E-state index in [2.05, 4.69) is 32.8 Å². The molecule has 43 heavy (non-hydrogen) atoms. The summed E-state index contributed by atoms with van der Waals surface area (Å²) in [5, 5.41) is 13.4. The van der Waals surface area contributed by atoms with Crippen molar-refractivity contribution in [2.75, 3.05) is 5.73 Å². The van der Waals surface area contributed by atoms with Crippen LogP contribution in [0.1, 0.15) is 33.5 Å². The van der Waals surface area contributed by atoms with Crippen LogP contribution in [-0.4, -0.2) is 47.1 Å². The minimum Gasteiger partial charge on any atom is -0.508 e. The van der Waals surface area contributed by atoms with Gasteiger partial charge >= 0.3 is 0 Å². The lowest BCUT2D eigenvalue weighted by Crippen LogP contribution is -2.10. The summed E-state index contributed by atoms with van der Waals surface area (Å²) in [6, 6.07) is 20.7. The Balaban J connectivity index is 0.000000240. The van der Waals surface area contributed by atoms with Gasteiger partial charge in [-0.3, -0.25) is 9.36 Å². The molecule has 0 radical (unpaired) electrons. The van der Waals surface area contributed by atoms with Gasteiger partial charge in [-0.1, -0.05) is 6.07 Å². The van der Waals surface area contributed by atoms with Gasteiger partial charge in [0.1, 0.15) is 23.9 Å². The Morgan fingerprint density at radius 1 is 0.953 bits per heavy atom. The number of carbonyl (C=O) groups is 2. The number of primary amides is 1. The monoisotopic (exact) mass is 574 g/mol. The highest BCUT2D eigenvalue weighted by Gasteiger charge is 2.20. The molecular formula is C32H30N8O3. The van der Waals surface area contributed by atoms with Gasteiger partial charge in [0.05, 0.1) is 5.56 Å². The van der Waals surface area contributed by atoms with Crippen molar-refractivity contribution in [2.24, 2.45) is 5.73 Å². The lowest BCUT2D eigenvalue weighted by molar-refractivity contribution is -0.0980. The number of pyridine rings is 2. The summed E-state index contributed by atoms with van der Waals surface area (Å²) in [6.45, 7) is 3.71. The summed E-state index contributed by atoms with van der Waals surface area (Å²) in [6.07, 6.45) is 8.76. The lowest BCUT2D eigenvalue weighted by Gasteiger charge is -2.12. The van der Waals surface area contributed by atoms with E-state index < -0.39 is 5.91 Å². The second-order valence-electron chi connectivity index (χ2n) is 9.84. The first kappa shape index (κ1) is 28.7. The minimum atomic E-state index is -0.479. The maximum atomic E-state index is 10.6. The molecular weight excluding hydrogens is 544 g/mol. The molecule has 1 aliphatic rings. The molecule has 4 heterocycles. The first-order valence-electron chi connectivity index (χ1n) is 13.5. The molecule has 5 N–H and O–H groups in total. The number of fused-ring (bicyclic) bond motifs is 2. The molecule has 0 saturated heterocycles. The number of benzene rings is 2. The van der Waals surface area contributed by atoms with Gasteiger partial charge in [0, 0.05) is 29.8 Å². The molecule has 4 aromatic heterocycles. The number of aromatic nitrogens is 6. The van der Waals surface area contributed by atoms with E-state index in [9.17, 15) is 4.79 Å². The summed E-state index contributed by atoms with van der Waals surface area (Å²) in [5.74, 6) is 1.62. The number of rotatable bonds is 4. The van der Waals surface area contributed by atoms with Crippen LogP contribution in [0.4, 0.5) is 5.82 Å². The van der Waals surface area contributed by atoms with Crippen LogP contribution < -0.4 is 11.5 Å². The number of aryl methyl sites for hydroxylation is 3. The van der Waals surface area contributed by atoms with Crippen molar-refractivity contribution >= 4 is 29.7 Å². The van der Waals surface area contributed by atoms with Crippen LogP contribution >= 0.6 is 0 Å². The topological polar surface area (TPSA) is 168 Å². The number of phenols is 1. The molecule has 216 valence electrons. The van der Waals surface area contributed by atoms with E-state index in [1.54, 1.807) is 30.1 Å². The third-order valence-electron chi connectivity index (χ3n) is 7.13. The molecule has 6 aromatic rings. The molecule has 0 unspecified atom stereocenters. The van der Waals surface area contributed by atoms with E-state index >= 15 is 0 Å². The van der Waals surface area contributed by atoms with E-state index in [0.29, 0.717) is 16.9 Å². The Morgan fingerprint density at radius 2 is 1.77 bits per heavy atom. The smallest absolute Gasteiger partial charge is 0.248 e. The second-order valence-corrected chi connectivity index (χ2v) is 9.84. The standard InChI is InChI=1S/C23H19N7.C8H9NO2.CH2O/c24-21-18(6-2-11-25-21)22-27-19-9-10-20(29-13-3-12-26-29)28-23(19)30(22)17-8-7-15-4-1-5-16(15)14-17;1-5-4-6(8(9)11)2-3-7(5)10;1-2/h2-3,6-14H,1,4-5H2,(H2,24,25);2-4,10H,1H3,(H2,9,11);1H2. The van der Waals surface area contributed by atoms with Crippen molar-refractivity contribution in [3.63, 3.8) is 0 Å². The van der Waals surface area contributed by atoms with Gasteiger partial charge in [0.2, 0.25) is 5.91 Å². The minimum absolute atomic E-state index is 0.176. The summed E-state index contributed by atoms with van der Waals surface area (Å²) >= 11 is 0. The number of amides is 1. The number of nitrogens with two attached hydrogens (primary N) is 2. The number of hydrogen-bond acceptors (Lipinski definition) is 8. The van der Waals surface area contributed by atoms with Crippen molar-refractivity contribution in [2.45, 2.75) is 26.2 Å². The first-order valence-corrected chi connectivity index (χ1v) is 13.5. The molecule has 0 saturated carbocycles. The fraction of sp³-hybridized carbons (Fsp3) is 0.125. The van der Waals surface area contributed by atoms with Crippen LogP contribution in [0.3, 0.4) is 0 Å². The van der Waals surface area contributed by atoms with E-state index in [1.165, 1.54) is 29.7 Å². The number of hydrogen-bond donors (Lipinski definition) is 3. The van der Waals surface area contributed by atoms with Crippen LogP contribution in [0.2, 0.25) is 0 Å². The molecule has 7 rings (SSSR count). The fourth-order valence-corrected chi connectivity index (χ4v) is 5.02. The summed E-state index contributed by atoms with van der Waals surface area (Å²) in [4.78, 5) is 32.7. The quantitative estimate of drug-likeness (QED) is 0.279. The van der Waals surface area contributed by atoms with Crippen LogP contribution in [0.5, 0.6) is 5.75 Å². The molecule has 0 bridgehead atoms. The van der Waals surface area contributed by atoms with Crippen molar-refractivity contribution in [1.29, 1.82) is 0 Å². The first-order chi connectivity index (χ1) is 20.9. The number of imidazole rings is 1. The number of nitrogens with zero attached hydrogens (tertiary/aromatic N) is 6. The average Bonchev–Trinajstić information content (AvgIpc) is 3.79. The fourth-order valence-electron chi connectivity index (χ4n) is 5.02. The van der Waals surface area contributed by atoms with Gasteiger partial charge in [0.25, 0.3) is 0 Å². The van der Waals surface area contributed by atoms with Crippen molar-refractivity contribution in [1.82, 2.24) is 29.3 Å². The van der Waals surface area contributed by atoms with E-state index in [1.807, 2.05) is 43.3 Å². The van der Waals surface area contributed by atoms with Crippen LogP contribution in [-0.2, 0) is 17.6 Å². The molecule has 1 aliphatic carbocycles. The third kappa shape index (κ3) is 5.82. The second kappa shape index (κ2) is 12.4. The maximum absolute atomic E-state index is 10.6. The van der Waals surface area contributed by atoms with Gasteiger partial charge in [-0.25, -0.2) is 19.6 Å². The molecule has 0 spiro atoms. The van der Waals surface area contributed by atoms with E-state index in [-0.39, 0.29) is 5.75 Å². The largest absolute Gasteiger partial charge is 0.508 e. The Hall–Kier alpha value is -5.84. The number of anilines is 1. The Bertz CT molecular complexity index is 1910.